The fourth-order valence-electron chi connectivity index (χ4n) is 1.83. The number of aromatic hydroxyl groups is 1. The summed E-state index contributed by atoms with van der Waals surface area (Å²) in [7, 11) is 1.50. The van der Waals surface area contributed by atoms with Crippen LogP contribution in [0, 0.1) is 11.3 Å². The Balaban J connectivity index is 2.45. The van der Waals surface area contributed by atoms with Gasteiger partial charge in [-0.25, -0.2) is 0 Å². The predicted molar refractivity (Wildman–Crippen MR) is 64.6 cm³/mol. The highest BCUT2D eigenvalue weighted by Crippen LogP contribution is 2.42. The number of hydrogen-bond acceptors (Lipinski definition) is 6. The molecule has 1 aliphatic rings. The minimum atomic E-state index is -0.465. The molecule has 1 unspecified atom stereocenters. The van der Waals surface area contributed by atoms with Crippen LogP contribution in [0.3, 0.4) is 0 Å². The third-order valence-corrected chi connectivity index (χ3v) is 3.24. The second kappa shape index (κ2) is 5.29. The molecule has 1 aromatic carbocycles. The average Bonchev–Trinajstić information content (AvgIpc) is 2.33. The van der Waals surface area contributed by atoms with Gasteiger partial charge in [0.1, 0.15) is 23.2 Å². The summed E-state index contributed by atoms with van der Waals surface area (Å²) in [5.74, 6) is -0.0169. The number of fused-ring (bicyclic) bond motifs is 1. The molecule has 1 aromatic rings. The molecule has 0 saturated heterocycles. The van der Waals surface area contributed by atoms with Crippen molar-refractivity contribution in [2.75, 3.05) is 7.11 Å². The molecule has 0 spiro atoms. The van der Waals surface area contributed by atoms with Crippen LogP contribution in [-0.4, -0.2) is 24.1 Å². The number of hydrogen-bond donors (Lipinski definition) is 1. The lowest BCUT2D eigenvalue weighted by Gasteiger charge is -2.25. The third-order valence-electron chi connectivity index (χ3n) is 2.57. The fourth-order valence-corrected chi connectivity index (χ4v) is 2.36. The number of benzene rings is 1. The van der Waals surface area contributed by atoms with E-state index < -0.39 is 6.10 Å². The van der Waals surface area contributed by atoms with Gasteiger partial charge in [-0.15, -0.1) is 0 Å². The van der Waals surface area contributed by atoms with Crippen LogP contribution < -0.4 is 4.74 Å². The number of Topliss-reactive ketones (excluding diaryl/α,β-unsaturated/α-hetero) is 1. The van der Waals surface area contributed by atoms with Crippen LogP contribution in [-0.2, 0) is 4.18 Å². The Kier molecular flexibility index (Phi) is 3.75. The van der Waals surface area contributed by atoms with E-state index in [0.717, 1.165) is 12.0 Å². The van der Waals surface area contributed by atoms with E-state index >= 15 is 0 Å². The predicted octanol–water partition coefficient (Wildman–Crippen LogP) is 2.29. The zero-order valence-corrected chi connectivity index (χ0v) is 10.5. The SMILES string of the molecule is COSc1ccc(O)c2c1OC(CC#N)CC2=O. The van der Waals surface area contributed by atoms with Gasteiger partial charge in [-0.05, 0) is 12.1 Å². The van der Waals surface area contributed by atoms with E-state index in [1.165, 1.54) is 13.2 Å². The summed E-state index contributed by atoms with van der Waals surface area (Å²) in [6.07, 6.45) is -0.222. The molecule has 0 fully saturated rings. The van der Waals surface area contributed by atoms with Crippen molar-refractivity contribution in [1.29, 1.82) is 5.26 Å². The fraction of sp³-hybridized carbons (Fsp3) is 0.333. The molecule has 1 aliphatic heterocycles. The normalized spacial score (nSPS) is 17.8. The minimum absolute atomic E-state index is 0.106. The Morgan fingerprint density at radius 1 is 1.67 bits per heavy atom. The summed E-state index contributed by atoms with van der Waals surface area (Å²) in [5.41, 5.74) is 0.172. The highest BCUT2D eigenvalue weighted by Gasteiger charge is 2.31. The topological polar surface area (TPSA) is 79.5 Å². The molecular formula is C12H11NO4S. The van der Waals surface area contributed by atoms with E-state index in [4.69, 9.17) is 14.2 Å². The zero-order chi connectivity index (χ0) is 13.1. The summed E-state index contributed by atoms with van der Waals surface area (Å²) >= 11 is 1.05. The van der Waals surface area contributed by atoms with Gasteiger partial charge in [-0.3, -0.25) is 4.79 Å². The van der Waals surface area contributed by atoms with Crippen molar-refractivity contribution in [2.24, 2.45) is 0 Å². The Morgan fingerprint density at radius 3 is 3.11 bits per heavy atom. The summed E-state index contributed by atoms with van der Waals surface area (Å²) in [4.78, 5) is 12.6. The van der Waals surface area contributed by atoms with Crippen molar-refractivity contribution in [3.8, 4) is 17.6 Å². The zero-order valence-electron chi connectivity index (χ0n) is 9.67. The van der Waals surface area contributed by atoms with Gasteiger partial charge in [-0.1, -0.05) is 0 Å². The van der Waals surface area contributed by atoms with E-state index in [0.29, 0.717) is 10.6 Å². The summed E-state index contributed by atoms with van der Waals surface area (Å²) < 4.78 is 10.5. The standard InChI is InChI=1S/C12H11NO4S/c1-16-18-10-3-2-8(14)11-9(15)6-7(4-5-13)17-12(10)11/h2-3,7,14H,4,6H2,1H3. The van der Waals surface area contributed by atoms with Gasteiger partial charge in [0, 0.05) is 18.5 Å². The largest absolute Gasteiger partial charge is 0.507 e. The summed E-state index contributed by atoms with van der Waals surface area (Å²) in [6.45, 7) is 0. The number of ether oxygens (including phenoxy) is 1. The van der Waals surface area contributed by atoms with Gasteiger partial charge < -0.3 is 14.0 Å². The number of rotatable bonds is 3. The molecule has 0 radical (unpaired) electrons. The number of ketones is 1. The van der Waals surface area contributed by atoms with Gasteiger partial charge in [-0.2, -0.15) is 5.26 Å². The van der Waals surface area contributed by atoms with Crippen LogP contribution in [0.15, 0.2) is 17.0 Å². The highest BCUT2D eigenvalue weighted by atomic mass is 32.2. The van der Waals surface area contributed by atoms with E-state index in [-0.39, 0.29) is 29.9 Å². The first kappa shape index (κ1) is 12.7. The monoisotopic (exact) mass is 265 g/mol. The van der Waals surface area contributed by atoms with Crippen molar-refractivity contribution in [3.63, 3.8) is 0 Å². The molecule has 0 saturated carbocycles. The molecule has 5 nitrogen and oxygen atoms in total. The van der Waals surface area contributed by atoms with E-state index in [9.17, 15) is 9.90 Å². The number of nitrogens with zero attached hydrogens (tertiary/aromatic N) is 1. The highest BCUT2D eigenvalue weighted by molar-refractivity contribution is 7.94. The molecule has 1 heterocycles. The first-order chi connectivity index (χ1) is 8.67. The minimum Gasteiger partial charge on any atom is -0.507 e. The molecule has 2 rings (SSSR count). The maximum atomic E-state index is 11.9. The van der Waals surface area contributed by atoms with Crippen LogP contribution in [0.5, 0.6) is 11.5 Å². The number of nitriles is 1. The first-order valence-electron chi connectivity index (χ1n) is 5.30. The molecular weight excluding hydrogens is 254 g/mol. The second-order valence-electron chi connectivity index (χ2n) is 3.77. The van der Waals surface area contributed by atoms with Gasteiger partial charge in [0.25, 0.3) is 0 Å². The molecule has 0 aromatic heterocycles. The average molecular weight is 265 g/mol. The number of carbonyl (C=O) groups is 1. The van der Waals surface area contributed by atoms with Gasteiger partial charge in [0.2, 0.25) is 0 Å². The molecule has 0 bridgehead atoms. The van der Waals surface area contributed by atoms with Gasteiger partial charge in [0.05, 0.1) is 24.5 Å². The quantitative estimate of drug-likeness (QED) is 0.845. The van der Waals surface area contributed by atoms with Crippen LogP contribution in [0.25, 0.3) is 0 Å². The van der Waals surface area contributed by atoms with Crippen molar-refractivity contribution >= 4 is 17.8 Å². The number of carbonyl (C=O) groups excluding carboxylic acids is 1. The van der Waals surface area contributed by atoms with Gasteiger partial charge >= 0.3 is 0 Å². The van der Waals surface area contributed by atoms with Crippen LogP contribution in [0.4, 0.5) is 0 Å². The van der Waals surface area contributed by atoms with Crippen LogP contribution in [0.2, 0.25) is 0 Å². The Morgan fingerprint density at radius 2 is 2.44 bits per heavy atom. The number of phenolic OH excluding ortho intramolecular Hbond substituents is 1. The molecule has 1 atom stereocenters. The van der Waals surface area contributed by atoms with Crippen LogP contribution >= 0.6 is 12.0 Å². The smallest absolute Gasteiger partial charge is 0.174 e. The lowest BCUT2D eigenvalue weighted by Crippen LogP contribution is -2.27. The lowest BCUT2D eigenvalue weighted by atomic mass is 9.98. The maximum Gasteiger partial charge on any atom is 0.174 e. The van der Waals surface area contributed by atoms with Gasteiger partial charge in [0.15, 0.2) is 5.78 Å². The molecule has 94 valence electrons. The molecule has 0 aliphatic carbocycles. The van der Waals surface area contributed by atoms with Crippen LogP contribution in [0.1, 0.15) is 23.2 Å². The molecule has 18 heavy (non-hydrogen) atoms. The summed E-state index contributed by atoms with van der Waals surface area (Å²) in [5, 5.41) is 18.4. The maximum absolute atomic E-state index is 11.9. The van der Waals surface area contributed by atoms with Crippen molar-refractivity contribution in [2.45, 2.75) is 23.8 Å². The Labute approximate surface area is 109 Å². The molecule has 6 heteroatoms. The molecule has 0 amide bonds. The third kappa shape index (κ3) is 2.28. The lowest BCUT2D eigenvalue weighted by molar-refractivity contribution is 0.0845. The number of phenols is 1. The van der Waals surface area contributed by atoms with Crippen molar-refractivity contribution in [3.05, 3.63) is 17.7 Å². The Bertz CT molecular complexity index is 524. The van der Waals surface area contributed by atoms with E-state index in [2.05, 4.69) is 0 Å². The van der Waals surface area contributed by atoms with Crippen molar-refractivity contribution < 1.29 is 18.8 Å². The second-order valence-corrected chi connectivity index (χ2v) is 4.71. The summed E-state index contributed by atoms with van der Waals surface area (Å²) in [6, 6.07) is 5.03. The van der Waals surface area contributed by atoms with Crippen molar-refractivity contribution in [1.82, 2.24) is 0 Å². The first-order valence-corrected chi connectivity index (χ1v) is 6.05. The Hall–Kier alpha value is -1.71. The van der Waals surface area contributed by atoms with E-state index in [1.54, 1.807) is 6.07 Å². The molecule has 1 N–H and O–H groups in total. The van der Waals surface area contributed by atoms with E-state index in [1.807, 2.05) is 6.07 Å².